The molecule has 1 aromatic carbocycles. The average Bonchev–Trinajstić information content (AvgIpc) is 2.78. The molecule has 100 valence electrons. The summed E-state index contributed by atoms with van der Waals surface area (Å²) >= 11 is 0. The van der Waals surface area contributed by atoms with Gasteiger partial charge in [-0.05, 0) is 25.5 Å². The van der Waals surface area contributed by atoms with Crippen LogP contribution >= 0.6 is 0 Å². The minimum Gasteiger partial charge on any atom is -0.299 e. The van der Waals surface area contributed by atoms with Crippen molar-refractivity contribution in [2.24, 2.45) is 0 Å². The predicted molar refractivity (Wildman–Crippen MR) is 76.2 cm³/mol. The third kappa shape index (κ3) is 3.11. The van der Waals surface area contributed by atoms with Gasteiger partial charge in [-0.25, -0.2) is 0 Å². The number of hydrogen-bond acceptors (Lipinski definition) is 2. The van der Waals surface area contributed by atoms with Crippen LogP contribution in [0, 0.1) is 6.92 Å². The van der Waals surface area contributed by atoms with Crippen molar-refractivity contribution < 1.29 is 4.79 Å². The van der Waals surface area contributed by atoms with Crippen LogP contribution < -0.4 is 0 Å². The highest BCUT2D eigenvalue weighted by atomic mass is 16.1. The molecule has 1 atom stereocenters. The maximum Gasteiger partial charge on any atom is 0.145 e. The molecule has 0 saturated heterocycles. The molecule has 0 saturated carbocycles. The SMILES string of the molecule is CCn1nc(C)cc1CC(=O)C(C)c1ccccc1. The number of carbonyl (C=O) groups is 1. The summed E-state index contributed by atoms with van der Waals surface area (Å²) < 4.78 is 1.91. The molecule has 0 amide bonds. The van der Waals surface area contributed by atoms with Crippen LogP contribution in [0.5, 0.6) is 0 Å². The van der Waals surface area contributed by atoms with E-state index >= 15 is 0 Å². The molecule has 1 aromatic heterocycles. The van der Waals surface area contributed by atoms with Gasteiger partial charge in [0.25, 0.3) is 0 Å². The second-order valence-corrected chi connectivity index (χ2v) is 4.87. The zero-order chi connectivity index (χ0) is 13.8. The van der Waals surface area contributed by atoms with Crippen LogP contribution in [0.3, 0.4) is 0 Å². The van der Waals surface area contributed by atoms with Gasteiger partial charge in [0.2, 0.25) is 0 Å². The average molecular weight is 256 g/mol. The first-order valence-corrected chi connectivity index (χ1v) is 6.72. The van der Waals surface area contributed by atoms with Crippen LogP contribution in [0.15, 0.2) is 36.4 Å². The number of benzene rings is 1. The second-order valence-electron chi connectivity index (χ2n) is 4.87. The first-order valence-electron chi connectivity index (χ1n) is 6.72. The van der Waals surface area contributed by atoms with Gasteiger partial charge in [0.05, 0.1) is 5.69 Å². The first-order chi connectivity index (χ1) is 9.11. The van der Waals surface area contributed by atoms with Crippen molar-refractivity contribution in [3.05, 3.63) is 53.3 Å². The topological polar surface area (TPSA) is 34.9 Å². The standard InChI is InChI=1S/C16H20N2O/c1-4-18-15(10-12(2)17-18)11-16(19)13(3)14-8-6-5-7-9-14/h5-10,13H,4,11H2,1-3H3. The Hall–Kier alpha value is -1.90. The van der Waals surface area contributed by atoms with Gasteiger partial charge in [-0.15, -0.1) is 0 Å². The van der Waals surface area contributed by atoms with Crippen LogP contribution in [0.25, 0.3) is 0 Å². The number of Topliss-reactive ketones (excluding diaryl/α,β-unsaturated/α-hetero) is 1. The number of ketones is 1. The molecule has 2 rings (SSSR count). The lowest BCUT2D eigenvalue weighted by molar-refractivity contribution is -0.119. The van der Waals surface area contributed by atoms with E-state index in [4.69, 9.17) is 0 Å². The molecule has 1 heterocycles. The van der Waals surface area contributed by atoms with Crippen molar-refractivity contribution >= 4 is 5.78 Å². The Morgan fingerprint density at radius 1 is 1.32 bits per heavy atom. The molecule has 0 aliphatic heterocycles. The molecule has 0 aliphatic carbocycles. The van der Waals surface area contributed by atoms with Crippen LogP contribution in [0.1, 0.15) is 36.7 Å². The Balaban J connectivity index is 2.13. The summed E-state index contributed by atoms with van der Waals surface area (Å²) in [6.45, 7) is 6.77. The summed E-state index contributed by atoms with van der Waals surface area (Å²) in [6.07, 6.45) is 0.449. The van der Waals surface area contributed by atoms with Crippen LogP contribution in [-0.4, -0.2) is 15.6 Å². The van der Waals surface area contributed by atoms with Gasteiger partial charge in [0, 0.05) is 24.6 Å². The maximum atomic E-state index is 12.3. The van der Waals surface area contributed by atoms with Crippen molar-refractivity contribution in [1.82, 2.24) is 9.78 Å². The van der Waals surface area contributed by atoms with E-state index in [0.29, 0.717) is 6.42 Å². The van der Waals surface area contributed by atoms with Crippen LogP contribution in [0.2, 0.25) is 0 Å². The first kappa shape index (κ1) is 13.5. The molecular weight excluding hydrogens is 236 g/mol. The van der Waals surface area contributed by atoms with E-state index in [-0.39, 0.29) is 11.7 Å². The Labute approximate surface area is 114 Å². The van der Waals surface area contributed by atoms with E-state index in [0.717, 1.165) is 23.5 Å². The van der Waals surface area contributed by atoms with Crippen molar-refractivity contribution in [2.45, 2.75) is 39.7 Å². The lowest BCUT2D eigenvalue weighted by atomic mass is 9.94. The molecular formula is C16H20N2O. The van der Waals surface area contributed by atoms with Gasteiger partial charge in [0.1, 0.15) is 5.78 Å². The normalized spacial score (nSPS) is 12.4. The summed E-state index contributed by atoms with van der Waals surface area (Å²) in [4.78, 5) is 12.3. The zero-order valence-electron chi connectivity index (χ0n) is 11.8. The summed E-state index contributed by atoms with van der Waals surface area (Å²) in [5.74, 6) is 0.169. The summed E-state index contributed by atoms with van der Waals surface area (Å²) in [6, 6.07) is 11.9. The predicted octanol–water partition coefficient (Wildman–Crippen LogP) is 3.13. The fraction of sp³-hybridized carbons (Fsp3) is 0.375. The molecule has 0 N–H and O–H groups in total. The maximum absolute atomic E-state index is 12.3. The fourth-order valence-corrected chi connectivity index (χ4v) is 2.27. The number of carbonyl (C=O) groups excluding carboxylic acids is 1. The summed E-state index contributed by atoms with van der Waals surface area (Å²) in [5.41, 5.74) is 3.05. The number of hydrogen-bond donors (Lipinski definition) is 0. The van der Waals surface area contributed by atoms with Gasteiger partial charge < -0.3 is 0 Å². The zero-order valence-corrected chi connectivity index (χ0v) is 11.8. The van der Waals surface area contributed by atoms with E-state index in [2.05, 4.69) is 5.10 Å². The van der Waals surface area contributed by atoms with Crippen molar-refractivity contribution in [1.29, 1.82) is 0 Å². The van der Waals surface area contributed by atoms with Gasteiger partial charge >= 0.3 is 0 Å². The highest BCUT2D eigenvalue weighted by Crippen LogP contribution is 2.18. The molecule has 19 heavy (non-hydrogen) atoms. The lowest BCUT2D eigenvalue weighted by Crippen LogP contribution is -2.15. The molecule has 3 nitrogen and oxygen atoms in total. The van der Waals surface area contributed by atoms with Gasteiger partial charge in [-0.2, -0.15) is 5.10 Å². The number of aromatic nitrogens is 2. The smallest absolute Gasteiger partial charge is 0.145 e. The molecule has 0 aliphatic rings. The third-order valence-electron chi connectivity index (χ3n) is 3.42. The fourth-order valence-electron chi connectivity index (χ4n) is 2.27. The van der Waals surface area contributed by atoms with E-state index in [1.807, 2.05) is 61.9 Å². The molecule has 0 spiro atoms. The number of rotatable bonds is 5. The molecule has 0 radical (unpaired) electrons. The van der Waals surface area contributed by atoms with Gasteiger partial charge in [-0.1, -0.05) is 37.3 Å². The minimum absolute atomic E-state index is 0.0679. The summed E-state index contributed by atoms with van der Waals surface area (Å²) in [7, 11) is 0. The van der Waals surface area contributed by atoms with Crippen LogP contribution in [-0.2, 0) is 17.8 Å². The van der Waals surface area contributed by atoms with Crippen molar-refractivity contribution in [2.75, 3.05) is 0 Å². The monoisotopic (exact) mass is 256 g/mol. The highest BCUT2D eigenvalue weighted by molar-refractivity contribution is 5.87. The molecule has 2 aromatic rings. The summed E-state index contributed by atoms with van der Waals surface area (Å²) in [5, 5.41) is 4.38. The highest BCUT2D eigenvalue weighted by Gasteiger charge is 2.17. The Morgan fingerprint density at radius 3 is 2.63 bits per heavy atom. The minimum atomic E-state index is -0.0679. The Morgan fingerprint density at radius 2 is 2.00 bits per heavy atom. The molecule has 3 heteroatoms. The number of aryl methyl sites for hydroxylation is 2. The van der Waals surface area contributed by atoms with Crippen molar-refractivity contribution in [3.8, 4) is 0 Å². The van der Waals surface area contributed by atoms with E-state index < -0.39 is 0 Å². The molecule has 0 fully saturated rings. The van der Waals surface area contributed by atoms with Crippen LogP contribution in [0.4, 0.5) is 0 Å². The van der Waals surface area contributed by atoms with E-state index in [1.165, 1.54) is 0 Å². The van der Waals surface area contributed by atoms with E-state index in [9.17, 15) is 4.79 Å². The van der Waals surface area contributed by atoms with Crippen molar-refractivity contribution in [3.63, 3.8) is 0 Å². The number of nitrogens with zero attached hydrogens (tertiary/aromatic N) is 2. The second kappa shape index (κ2) is 5.83. The largest absolute Gasteiger partial charge is 0.299 e. The van der Waals surface area contributed by atoms with Gasteiger partial charge in [-0.3, -0.25) is 9.48 Å². The lowest BCUT2D eigenvalue weighted by Gasteiger charge is -2.11. The van der Waals surface area contributed by atoms with E-state index in [1.54, 1.807) is 0 Å². The van der Waals surface area contributed by atoms with Gasteiger partial charge in [0.15, 0.2) is 0 Å². The molecule has 0 bridgehead atoms. The quantitative estimate of drug-likeness (QED) is 0.823. The molecule has 1 unspecified atom stereocenters. The Bertz CT molecular complexity index is 557. The Kier molecular flexibility index (Phi) is 4.15. The third-order valence-corrected chi connectivity index (χ3v) is 3.42.